The van der Waals surface area contributed by atoms with E-state index in [9.17, 15) is 0 Å². The zero-order valence-electron chi connectivity index (χ0n) is 7.67. The van der Waals surface area contributed by atoms with E-state index in [2.05, 4.69) is 15.2 Å². The minimum atomic E-state index is 0.241. The van der Waals surface area contributed by atoms with Gasteiger partial charge in [-0.15, -0.1) is 5.10 Å². The first-order valence-electron chi connectivity index (χ1n) is 4.26. The summed E-state index contributed by atoms with van der Waals surface area (Å²) in [4.78, 5) is 3.99. The van der Waals surface area contributed by atoms with Gasteiger partial charge in [0.2, 0.25) is 5.95 Å². The molecule has 3 N–H and O–H groups in total. The van der Waals surface area contributed by atoms with Crippen molar-refractivity contribution in [1.29, 1.82) is 0 Å². The van der Waals surface area contributed by atoms with Gasteiger partial charge in [0.05, 0.1) is 10.0 Å². The summed E-state index contributed by atoms with van der Waals surface area (Å²) < 4.78 is 0. The van der Waals surface area contributed by atoms with Crippen LogP contribution in [-0.4, -0.2) is 15.2 Å². The smallest absolute Gasteiger partial charge is 0.239 e. The van der Waals surface area contributed by atoms with Crippen molar-refractivity contribution >= 4 is 29.2 Å². The van der Waals surface area contributed by atoms with Gasteiger partial charge in [-0.3, -0.25) is 5.10 Å². The van der Waals surface area contributed by atoms with E-state index in [0.29, 0.717) is 22.3 Å². The first-order valence-corrected chi connectivity index (χ1v) is 5.01. The van der Waals surface area contributed by atoms with E-state index < -0.39 is 0 Å². The molecule has 1 heterocycles. The van der Waals surface area contributed by atoms with Gasteiger partial charge in [-0.05, 0) is 17.7 Å². The summed E-state index contributed by atoms with van der Waals surface area (Å²) in [5.74, 6) is 0.941. The highest BCUT2D eigenvalue weighted by molar-refractivity contribution is 6.42. The molecular formula is C9H8Cl2N4. The number of nitrogens with zero attached hydrogens (tertiary/aromatic N) is 2. The van der Waals surface area contributed by atoms with Crippen molar-refractivity contribution in [1.82, 2.24) is 15.2 Å². The Labute approximate surface area is 96.4 Å². The molecule has 15 heavy (non-hydrogen) atoms. The maximum atomic E-state index is 5.88. The lowest BCUT2D eigenvalue weighted by Crippen LogP contribution is -1.91. The Morgan fingerprint density at radius 2 is 2.07 bits per heavy atom. The third-order valence-electron chi connectivity index (χ3n) is 1.90. The van der Waals surface area contributed by atoms with Gasteiger partial charge in [-0.2, -0.15) is 4.98 Å². The molecule has 0 saturated heterocycles. The third kappa shape index (κ3) is 2.40. The Morgan fingerprint density at radius 1 is 1.27 bits per heavy atom. The number of H-pyrrole nitrogens is 1. The summed E-state index contributed by atoms with van der Waals surface area (Å²) in [6, 6.07) is 5.43. The minimum Gasteiger partial charge on any atom is -0.367 e. The highest BCUT2D eigenvalue weighted by atomic mass is 35.5. The second-order valence-corrected chi connectivity index (χ2v) is 3.88. The monoisotopic (exact) mass is 242 g/mol. The van der Waals surface area contributed by atoms with Crippen LogP contribution in [0.3, 0.4) is 0 Å². The van der Waals surface area contributed by atoms with Gasteiger partial charge in [0.25, 0.3) is 0 Å². The molecule has 0 radical (unpaired) electrons. The molecule has 0 fully saturated rings. The van der Waals surface area contributed by atoms with Crippen LogP contribution in [-0.2, 0) is 6.42 Å². The Hall–Kier alpha value is -1.26. The van der Waals surface area contributed by atoms with Gasteiger partial charge in [-0.1, -0.05) is 29.3 Å². The van der Waals surface area contributed by atoms with Crippen molar-refractivity contribution in [3.63, 3.8) is 0 Å². The van der Waals surface area contributed by atoms with Gasteiger partial charge < -0.3 is 5.73 Å². The fourth-order valence-corrected chi connectivity index (χ4v) is 1.55. The van der Waals surface area contributed by atoms with Crippen LogP contribution in [0, 0.1) is 0 Å². The van der Waals surface area contributed by atoms with Crippen LogP contribution < -0.4 is 5.73 Å². The van der Waals surface area contributed by atoms with Crippen molar-refractivity contribution in [2.45, 2.75) is 6.42 Å². The van der Waals surface area contributed by atoms with E-state index >= 15 is 0 Å². The number of halogens is 2. The molecule has 2 aromatic rings. The lowest BCUT2D eigenvalue weighted by molar-refractivity contribution is 0.973. The molecule has 6 heteroatoms. The average Bonchev–Trinajstić information content (AvgIpc) is 2.58. The van der Waals surface area contributed by atoms with E-state index in [0.717, 1.165) is 5.56 Å². The van der Waals surface area contributed by atoms with Crippen LogP contribution in [0.15, 0.2) is 18.2 Å². The quantitative estimate of drug-likeness (QED) is 0.850. The first kappa shape index (κ1) is 10.3. The van der Waals surface area contributed by atoms with E-state index in [1.165, 1.54) is 0 Å². The zero-order valence-corrected chi connectivity index (χ0v) is 9.18. The number of nitrogens with two attached hydrogens (primary N) is 1. The SMILES string of the molecule is Nc1n[nH]c(Cc2ccc(Cl)c(Cl)c2)n1. The van der Waals surface area contributed by atoms with Crippen molar-refractivity contribution in [2.24, 2.45) is 0 Å². The number of hydrogen-bond acceptors (Lipinski definition) is 3. The highest BCUT2D eigenvalue weighted by Crippen LogP contribution is 2.23. The Balaban J connectivity index is 2.21. The molecule has 2 rings (SSSR count). The number of hydrogen-bond donors (Lipinski definition) is 2. The summed E-state index contributed by atoms with van der Waals surface area (Å²) in [5.41, 5.74) is 6.39. The molecule has 0 amide bonds. The maximum Gasteiger partial charge on any atom is 0.239 e. The van der Waals surface area contributed by atoms with Gasteiger partial charge in [0, 0.05) is 6.42 Å². The van der Waals surface area contributed by atoms with E-state index in [1.807, 2.05) is 6.07 Å². The normalized spacial score (nSPS) is 10.5. The summed E-state index contributed by atoms with van der Waals surface area (Å²) in [6.07, 6.45) is 0.598. The molecule has 0 saturated carbocycles. The van der Waals surface area contributed by atoms with E-state index in [1.54, 1.807) is 12.1 Å². The van der Waals surface area contributed by atoms with Crippen molar-refractivity contribution < 1.29 is 0 Å². The number of anilines is 1. The zero-order chi connectivity index (χ0) is 10.8. The van der Waals surface area contributed by atoms with Crippen molar-refractivity contribution in [3.8, 4) is 0 Å². The van der Waals surface area contributed by atoms with E-state index in [-0.39, 0.29) is 5.95 Å². The lowest BCUT2D eigenvalue weighted by atomic mass is 10.1. The van der Waals surface area contributed by atoms with Crippen LogP contribution in [0.4, 0.5) is 5.95 Å². The average molecular weight is 243 g/mol. The summed E-state index contributed by atoms with van der Waals surface area (Å²) >= 11 is 11.7. The molecule has 0 spiro atoms. The van der Waals surface area contributed by atoms with Crippen LogP contribution in [0.25, 0.3) is 0 Å². The van der Waals surface area contributed by atoms with Crippen LogP contribution in [0.1, 0.15) is 11.4 Å². The maximum absolute atomic E-state index is 5.88. The van der Waals surface area contributed by atoms with Crippen LogP contribution in [0.2, 0.25) is 10.0 Å². The standard InChI is InChI=1S/C9H8Cl2N4/c10-6-2-1-5(3-7(6)11)4-8-13-9(12)15-14-8/h1-3H,4H2,(H3,12,13,14,15). The van der Waals surface area contributed by atoms with Crippen molar-refractivity contribution in [2.75, 3.05) is 5.73 Å². The van der Waals surface area contributed by atoms with E-state index in [4.69, 9.17) is 28.9 Å². The van der Waals surface area contributed by atoms with Gasteiger partial charge in [-0.25, -0.2) is 0 Å². The van der Waals surface area contributed by atoms with Crippen LogP contribution in [0.5, 0.6) is 0 Å². The Kier molecular flexibility index (Phi) is 2.79. The van der Waals surface area contributed by atoms with Gasteiger partial charge in [0.1, 0.15) is 5.82 Å². The Morgan fingerprint density at radius 3 is 2.67 bits per heavy atom. The number of rotatable bonds is 2. The Bertz CT molecular complexity index is 481. The summed E-state index contributed by atoms with van der Waals surface area (Å²) in [7, 11) is 0. The number of aromatic nitrogens is 3. The van der Waals surface area contributed by atoms with Gasteiger partial charge in [0.15, 0.2) is 0 Å². The molecule has 1 aromatic carbocycles. The number of nitrogen functional groups attached to an aromatic ring is 1. The lowest BCUT2D eigenvalue weighted by Gasteiger charge is -2.00. The third-order valence-corrected chi connectivity index (χ3v) is 2.64. The fourth-order valence-electron chi connectivity index (χ4n) is 1.23. The molecule has 4 nitrogen and oxygen atoms in total. The molecule has 0 aliphatic carbocycles. The van der Waals surface area contributed by atoms with Gasteiger partial charge >= 0.3 is 0 Å². The second-order valence-electron chi connectivity index (χ2n) is 3.07. The molecule has 0 atom stereocenters. The molecule has 78 valence electrons. The number of aromatic amines is 1. The molecule has 0 unspecified atom stereocenters. The topological polar surface area (TPSA) is 67.6 Å². The molecule has 1 aromatic heterocycles. The minimum absolute atomic E-state index is 0.241. The second kappa shape index (κ2) is 4.08. The molecule has 0 bridgehead atoms. The van der Waals surface area contributed by atoms with Crippen LogP contribution >= 0.6 is 23.2 Å². The number of benzene rings is 1. The molecule has 0 aliphatic heterocycles. The van der Waals surface area contributed by atoms with Crippen molar-refractivity contribution in [3.05, 3.63) is 39.6 Å². The predicted octanol–water partition coefficient (Wildman–Crippen LogP) is 2.28. The largest absolute Gasteiger partial charge is 0.367 e. The fraction of sp³-hybridized carbons (Fsp3) is 0.111. The molecule has 0 aliphatic rings. The predicted molar refractivity (Wildman–Crippen MR) is 60.1 cm³/mol. The first-order chi connectivity index (χ1) is 7.15. The molecular weight excluding hydrogens is 235 g/mol. The highest BCUT2D eigenvalue weighted by Gasteiger charge is 2.03. The summed E-state index contributed by atoms with van der Waals surface area (Å²) in [6.45, 7) is 0. The summed E-state index contributed by atoms with van der Waals surface area (Å²) in [5, 5.41) is 7.53. The number of nitrogens with one attached hydrogen (secondary N) is 1.